The van der Waals surface area contributed by atoms with Gasteiger partial charge in [0.25, 0.3) is 11.8 Å². The number of aliphatic hydroxyl groups excluding tert-OH is 1. The van der Waals surface area contributed by atoms with Gasteiger partial charge in [0.1, 0.15) is 17.0 Å². The van der Waals surface area contributed by atoms with E-state index in [1.165, 1.54) is 0 Å². The van der Waals surface area contributed by atoms with Gasteiger partial charge in [0.05, 0.1) is 50.8 Å². The number of ether oxygens (including phenoxy) is 2. The minimum absolute atomic E-state index is 0.0446. The summed E-state index contributed by atoms with van der Waals surface area (Å²) in [5.74, 6) is -3.12. The molecule has 8 rings (SSSR count). The lowest BCUT2D eigenvalue weighted by molar-refractivity contribution is -0.163. The average Bonchev–Trinajstić information content (AvgIpc) is 4.06. The third kappa shape index (κ3) is 15.5. The minimum atomic E-state index is -1.38. The molecular weight excluding hydrogens is 1040 g/mol. The van der Waals surface area contributed by atoms with E-state index in [2.05, 4.69) is 10.2 Å². The molecule has 444 valence electrons. The van der Waals surface area contributed by atoms with E-state index in [0.717, 1.165) is 37.7 Å². The van der Waals surface area contributed by atoms with Crippen LogP contribution in [0.5, 0.6) is 11.5 Å². The van der Waals surface area contributed by atoms with Crippen LogP contribution in [0.4, 0.5) is 0 Å². The Hall–Kier alpha value is -6.66. The summed E-state index contributed by atoms with van der Waals surface area (Å²) in [4.78, 5) is 101. The molecule has 0 spiro atoms. The summed E-state index contributed by atoms with van der Waals surface area (Å²) in [6, 6.07) is 12.5. The first-order valence-electron chi connectivity index (χ1n) is 28.4. The third-order valence-corrected chi connectivity index (χ3v) is 17.1. The van der Waals surface area contributed by atoms with E-state index in [1.54, 1.807) is 87.8 Å². The summed E-state index contributed by atoms with van der Waals surface area (Å²) in [7, 11) is 8.61. The number of hydrogen-bond donors (Lipinski definition) is 5. The zero-order valence-corrected chi connectivity index (χ0v) is 48.2. The van der Waals surface area contributed by atoms with Crippen molar-refractivity contribution in [2.24, 2.45) is 23.7 Å². The number of hydrogen-bond acceptors (Lipinski definition) is 14. The first kappa shape index (κ1) is 61.9. The van der Waals surface area contributed by atoms with Gasteiger partial charge in [-0.3, -0.25) is 43.6 Å². The Bertz CT molecular complexity index is 2650. The van der Waals surface area contributed by atoms with Gasteiger partial charge in [0.15, 0.2) is 12.2 Å². The molecule has 5 fully saturated rings. The normalized spacial score (nSPS) is 22.0. The molecule has 6 N–H and O–H groups in total. The molecule has 0 radical (unpaired) electrons. The predicted octanol–water partition coefficient (Wildman–Crippen LogP) is 3.38. The van der Waals surface area contributed by atoms with Crippen LogP contribution in [0, 0.1) is 23.7 Å². The van der Waals surface area contributed by atoms with Gasteiger partial charge in [-0.05, 0) is 137 Å². The minimum Gasteiger partial charge on any atom is -0.496 e. The number of aliphatic carboxylic acids is 4. The number of benzene rings is 2. The Morgan fingerprint density at radius 3 is 1.64 bits per heavy atom. The highest BCUT2D eigenvalue weighted by atomic mass is 16.5. The molecule has 2 heterocycles. The fraction of sp³-hybridized carbons (Fsp3) is 0.621. The number of rotatable bonds is 25. The number of carbonyl (C=O) groups is 6. The number of amides is 3. The van der Waals surface area contributed by atoms with Crippen LogP contribution >= 0.6 is 0 Å². The molecule has 23 nitrogen and oxygen atoms in total. The summed E-state index contributed by atoms with van der Waals surface area (Å²) in [5.41, 5.74) is 1.60. The van der Waals surface area contributed by atoms with Crippen molar-refractivity contribution in [3.63, 3.8) is 0 Å². The van der Waals surface area contributed by atoms with Gasteiger partial charge in [0.2, 0.25) is 5.91 Å². The summed E-state index contributed by atoms with van der Waals surface area (Å²) in [5, 5.41) is 47.6. The predicted molar refractivity (Wildman–Crippen MR) is 303 cm³/mol. The van der Waals surface area contributed by atoms with Gasteiger partial charge < -0.3 is 54.7 Å². The maximum Gasteiger partial charge on any atom is 0.495 e. The lowest BCUT2D eigenvalue weighted by Gasteiger charge is -2.59. The molecule has 5 aliphatic rings. The van der Waals surface area contributed by atoms with E-state index in [1.807, 2.05) is 37.9 Å². The van der Waals surface area contributed by atoms with Gasteiger partial charge in [0, 0.05) is 85.1 Å². The van der Waals surface area contributed by atoms with Crippen LogP contribution in [0.25, 0.3) is 16.9 Å². The second-order valence-electron chi connectivity index (χ2n) is 23.1. The molecule has 1 aromatic heterocycles. The molecule has 4 bridgehead atoms. The van der Waals surface area contributed by atoms with E-state index in [4.69, 9.17) is 14.6 Å². The highest BCUT2D eigenvalue weighted by Crippen LogP contribution is 2.58. The molecular formula is C58H85N10O13+. The quantitative estimate of drug-likeness (QED) is 0.0761. The maximum absolute atomic E-state index is 14.5. The van der Waals surface area contributed by atoms with Crippen molar-refractivity contribution in [2.75, 3.05) is 140 Å². The van der Waals surface area contributed by atoms with Gasteiger partial charge in [-0.15, -0.1) is 0 Å². The second kappa shape index (κ2) is 27.9. The summed E-state index contributed by atoms with van der Waals surface area (Å²) < 4.78 is 13.3. The molecule has 81 heavy (non-hydrogen) atoms. The summed E-state index contributed by atoms with van der Waals surface area (Å²) in [6.45, 7) is 8.53. The van der Waals surface area contributed by atoms with Crippen LogP contribution in [-0.4, -0.2) is 257 Å². The van der Waals surface area contributed by atoms with Gasteiger partial charge in [-0.1, -0.05) is 19.9 Å². The van der Waals surface area contributed by atoms with Crippen molar-refractivity contribution in [1.29, 1.82) is 0 Å². The van der Waals surface area contributed by atoms with Crippen molar-refractivity contribution in [2.45, 2.75) is 70.3 Å². The Balaban J connectivity index is 0.964. The Morgan fingerprint density at radius 1 is 0.679 bits per heavy atom. The highest BCUT2D eigenvalue weighted by molar-refractivity contribution is 5.98. The van der Waals surface area contributed by atoms with Crippen LogP contribution in [0.2, 0.25) is 0 Å². The van der Waals surface area contributed by atoms with Gasteiger partial charge in [-0.25, -0.2) is 9.48 Å². The lowest BCUT2D eigenvalue weighted by Crippen LogP contribution is -2.70. The topological polar surface area (TPSA) is 276 Å². The van der Waals surface area contributed by atoms with Crippen LogP contribution < -0.4 is 14.8 Å². The SMILES string of the molecule is COc1cccc(OC)c1-c1cc(C(=O)NC2(C(=O)O)C3CC4CC(C3)CC2C4)nn1-c1ccc(C(=O)N(C)CCCN(C)CCCN(C)C(=O)CN2CCN(CC(=O)O)CCN(CC(O)=[OH+])CCN(CC(=O)O)CC2)cc1C(C)C. The van der Waals surface area contributed by atoms with Crippen molar-refractivity contribution in [3.8, 4) is 28.4 Å². The Labute approximate surface area is 474 Å². The number of carboxylic acids is 4. The van der Waals surface area contributed by atoms with Gasteiger partial charge >= 0.3 is 23.9 Å². The van der Waals surface area contributed by atoms with E-state index in [-0.39, 0.29) is 61.4 Å². The first-order valence-corrected chi connectivity index (χ1v) is 28.4. The second-order valence-corrected chi connectivity index (χ2v) is 23.1. The number of nitrogens with zero attached hydrogens (tertiary/aromatic N) is 9. The fourth-order valence-corrected chi connectivity index (χ4v) is 12.9. The molecule has 1 aliphatic heterocycles. The standard InChI is InChI=1S/C58H84N10O13/c1-38(2)44-32-41(13-14-46(44)68-47(54-48(80-6)11-8-12-49(54)81-7)33-45(60-68)55(76)59-58(57(78)79)42-28-39-27-40(30-42)31-43(58)29-39)56(77)63(5)18-10-16-61(3)15-9-17-62(4)50(69)34-64-19-21-65(35-51(70)71)23-25-67(37-53(74)75)26-24-66(22-20-64)36-52(72)73/h8,11-14,32-33,38-40,42-43H,9-10,15-31,34-37H2,1-7H3,(H,59,76)(H,70,71)(H,72,73)(H,74,75)(H,78,79)/p+1. The number of likely N-dealkylation sites (N-methyl/N-ethyl adjacent to an activating group) is 1. The van der Waals surface area contributed by atoms with E-state index < -0.39 is 35.3 Å². The van der Waals surface area contributed by atoms with Crippen LogP contribution in [0.3, 0.4) is 0 Å². The van der Waals surface area contributed by atoms with E-state index in [9.17, 15) is 54.0 Å². The van der Waals surface area contributed by atoms with Crippen LogP contribution in [0.15, 0.2) is 42.5 Å². The first-order chi connectivity index (χ1) is 38.6. The largest absolute Gasteiger partial charge is 0.496 e. The number of nitrogens with one attached hydrogen (secondary N) is 1. The molecule has 0 unspecified atom stereocenters. The monoisotopic (exact) mass is 1130 g/mol. The Kier molecular flexibility index (Phi) is 21.3. The lowest BCUT2D eigenvalue weighted by atomic mass is 9.48. The number of carboxylic acid groups (broad SMARTS) is 4. The molecule has 2 aromatic carbocycles. The van der Waals surface area contributed by atoms with Crippen molar-refractivity contribution in [1.82, 2.24) is 49.4 Å². The van der Waals surface area contributed by atoms with Crippen LogP contribution in [0.1, 0.15) is 91.1 Å². The summed E-state index contributed by atoms with van der Waals surface area (Å²) in [6.07, 6.45) is 5.63. The highest BCUT2D eigenvalue weighted by Gasteiger charge is 2.62. The molecule has 0 atom stereocenters. The van der Waals surface area contributed by atoms with E-state index in [0.29, 0.717) is 137 Å². The number of methoxy groups -OCH3 is 2. The molecule has 4 saturated carbocycles. The molecule has 4 aliphatic carbocycles. The molecule has 23 heteroatoms. The average molecular weight is 1130 g/mol. The van der Waals surface area contributed by atoms with Crippen molar-refractivity contribution < 1.29 is 63.5 Å². The van der Waals surface area contributed by atoms with Crippen molar-refractivity contribution >= 4 is 41.6 Å². The van der Waals surface area contributed by atoms with Crippen LogP contribution in [-0.2, 0) is 19.2 Å². The number of aromatic nitrogens is 2. The smallest absolute Gasteiger partial charge is 0.495 e. The molecule has 1 saturated heterocycles. The van der Waals surface area contributed by atoms with Crippen molar-refractivity contribution in [3.05, 3.63) is 59.3 Å². The van der Waals surface area contributed by atoms with Gasteiger partial charge in [-0.2, -0.15) is 5.10 Å². The zero-order chi connectivity index (χ0) is 58.7. The maximum atomic E-state index is 14.5. The Morgan fingerprint density at radius 2 is 1.17 bits per heavy atom. The van der Waals surface area contributed by atoms with E-state index >= 15 is 0 Å². The number of carbonyl (C=O) groups excluding carboxylic acids is 3. The third-order valence-electron chi connectivity index (χ3n) is 17.1. The molecule has 3 aromatic rings. The molecule has 3 amide bonds. The zero-order valence-electron chi connectivity index (χ0n) is 48.2. The fourth-order valence-electron chi connectivity index (χ4n) is 12.9. The summed E-state index contributed by atoms with van der Waals surface area (Å²) >= 11 is 0.